The van der Waals surface area contributed by atoms with Crippen molar-refractivity contribution in [2.45, 2.75) is 24.5 Å². The van der Waals surface area contributed by atoms with E-state index in [0.29, 0.717) is 22.8 Å². The lowest BCUT2D eigenvalue weighted by Crippen LogP contribution is -2.54. The molecule has 0 spiro atoms. The van der Waals surface area contributed by atoms with Gasteiger partial charge in [-0.25, -0.2) is 14.1 Å². The summed E-state index contributed by atoms with van der Waals surface area (Å²) in [5, 5.41) is 12.2. The molecular weight excluding hydrogens is 443 g/mol. The van der Waals surface area contributed by atoms with Crippen LogP contribution in [0.4, 0.5) is 20.6 Å². The number of carbonyl (C=O) groups excluding carboxylic acids is 3. The number of anilines is 1. The molecule has 4 amide bonds. The Morgan fingerprint density at radius 1 is 1.00 bits per heavy atom. The first-order valence-corrected chi connectivity index (χ1v) is 10.8. The van der Waals surface area contributed by atoms with Gasteiger partial charge in [0, 0.05) is 23.6 Å². The Labute approximate surface area is 192 Å². The van der Waals surface area contributed by atoms with Gasteiger partial charge in [-0.3, -0.25) is 19.7 Å². The van der Waals surface area contributed by atoms with Crippen molar-refractivity contribution in [1.82, 2.24) is 9.80 Å². The van der Waals surface area contributed by atoms with Crippen molar-refractivity contribution in [2.24, 2.45) is 0 Å². The van der Waals surface area contributed by atoms with E-state index in [1.807, 2.05) is 0 Å². The molecule has 3 unspecified atom stereocenters. The molecule has 3 atom stereocenters. The summed E-state index contributed by atoms with van der Waals surface area (Å²) in [6, 6.07) is 12.4. The number of non-ortho nitro benzene ring substituents is 1. The minimum Gasteiger partial charge on any atom is -0.331 e. The second-order valence-electron chi connectivity index (χ2n) is 8.64. The number of imide groups is 1. The highest BCUT2D eigenvalue weighted by Gasteiger charge is 2.63. The highest BCUT2D eigenvalue weighted by molar-refractivity contribution is 6.25. The number of carbonyl (C=O) groups is 3. The SMILES string of the molecule is O=C1C2C3CC(CN3C(=O)c3ccc(F)cc3)N2C(=O)N1c1ccc([N+](=O)[O-])c2ccccc12. The van der Waals surface area contributed by atoms with Crippen LogP contribution in [0.15, 0.2) is 60.7 Å². The Hall–Kier alpha value is -4.34. The van der Waals surface area contributed by atoms with Crippen LogP contribution in [0.25, 0.3) is 10.8 Å². The van der Waals surface area contributed by atoms with Crippen LogP contribution in [0.2, 0.25) is 0 Å². The highest BCUT2D eigenvalue weighted by atomic mass is 19.1. The number of likely N-dealkylation sites (tertiary alicyclic amines) is 1. The summed E-state index contributed by atoms with van der Waals surface area (Å²) >= 11 is 0. The van der Waals surface area contributed by atoms with E-state index in [0.717, 1.165) is 4.90 Å². The number of halogens is 1. The van der Waals surface area contributed by atoms with Crippen molar-refractivity contribution in [2.75, 3.05) is 11.4 Å². The number of amides is 4. The van der Waals surface area contributed by atoms with Gasteiger partial charge in [0.05, 0.1) is 28.1 Å². The lowest BCUT2D eigenvalue weighted by Gasteiger charge is -2.34. The molecule has 3 fully saturated rings. The van der Waals surface area contributed by atoms with Gasteiger partial charge >= 0.3 is 6.03 Å². The Morgan fingerprint density at radius 3 is 2.41 bits per heavy atom. The van der Waals surface area contributed by atoms with E-state index in [-0.39, 0.29) is 29.9 Å². The average Bonchev–Trinajstić information content (AvgIpc) is 3.50. The van der Waals surface area contributed by atoms with Crippen molar-refractivity contribution < 1.29 is 23.7 Å². The number of hydrogen-bond acceptors (Lipinski definition) is 5. The smallest absolute Gasteiger partial charge is 0.331 e. The van der Waals surface area contributed by atoms with E-state index in [1.165, 1.54) is 41.3 Å². The van der Waals surface area contributed by atoms with E-state index < -0.39 is 34.8 Å². The Bertz CT molecular complexity index is 1410. The van der Waals surface area contributed by atoms with Crippen LogP contribution < -0.4 is 4.90 Å². The summed E-state index contributed by atoms with van der Waals surface area (Å²) in [7, 11) is 0. The highest BCUT2D eigenvalue weighted by Crippen LogP contribution is 2.44. The van der Waals surface area contributed by atoms with Crippen molar-refractivity contribution in [1.29, 1.82) is 0 Å². The van der Waals surface area contributed by atoms with Gasteiger partial charge in [-0.05, 0) is 42.8 Å². The quantitative estimate of drug-likeness (QED) is 0.339. The fourth-order valence-electron chi connectivity index (χ4n) is 5.49. The van der Waals surface area contributed by atoms with E-state index in [2.05, 4.69) is 0 Å². The van der Waals surface area contributed by atoms with Gasteiger partial charge in [-0.15, -0.1) is 0 Å². The standard InChI is InChI=1S/C24H17FN4O5/c25-14-7-5-13(6-8-14)22(30)26-12-15-11-20(26)21-23(31)28(24(32)27(15)21)18-9-10-19(29(33)34)17-4-2-1-3-16(17)18/h1-10,15,20-21H,11-12H2. The molecule has 2 bridgehead atoms. The molecule has 0 saturated carbocycles. The summed E-state index contributed by atoms with van der Waals surface area (Å²) < 4.78 is 13.3. The number of rotatable bonds is 3. The van der Waals surface area contributed by atoms with Crippen LogP contribution in [0.5, 0.6) is 0 Å². The van der Waals surface area contributed by atoms with E-state index in [1.54, 1.807) is 29.2 Å². The van der Waals surface area contributed by atoms with Crippen LogP contribution in [-0.4, -0.2) is 57.2 Å². The molecule has 0 aromatic heterocycles. The minimum atomic E-state index is -0.829. The zero-order chi connectivity index (χ0) is 23.7. The van der Waals surface area contributed by atoms with Crippen LogP contribution in [0.1, 0.15) is 16.8 Å². The number of nitrogens with zero attached hydrogens (tertiary/aromatic N) is 4. The molecular formula is C24H17FN4O5. The topological polar surface area (TPSA) is 104 Å². The molecule has 6 rings (SSSR count). The normalized spacial score (nSPS) is 23.2. The third kappa shape index (κ3) is 2.68. The van der Waals surface area contributed by atoms with Gasteiger partial charge in [0.2, 0.25) is 0 Å². The van der Waals surface area contributed by atoms with Crippen LogP contribution in [0, 0.1) is 15.9 Å². The van der Waals surface area contributed by atoms with Crippen molar-refractivity contribution >= 4 is 40.0 Å². The van der Waals surface area contributed by atoms with Crippen LogP contribution >= 0.6 is 0 Å². The van der Waals surface area contributed by atoms with Crippen LogP contribution in [-0.2, 0) is 4.79 Å². The van der Waals surface area contributed by atoms with Gasteiger partial charge in [0.25, 0.3) is 17.5 Å². The largest absolute Gasteiger partial charge is 0.332 e. The number of fused-ring (bicyclic) bond motifs is 6. The van der Waals surface area contributed by atoms with Gasteiger partial charge in [-0.1, -0.05) is 18.2 Å². The summed E-state index contributed by atoms with van der Waals surface area (Å²) in [6.07, 6.45) is 0.490. The molecule has 3 aromatic rings. The number of piperazine rings is 1. The average molecular weight is 460 g/mol. The maximum atomic E-state index is 13.5. The molecule has 10 heteroatoms. The number of nitro groups is 1. The molecule has 170 valence electrons. The fourth-order valence-corrected chi connectivity index (χ4v) is 5.49. The van der Waals surface area contributed by atoms with Gasteiger partial charge in [-0.2, -0.15) is 0 Å². The lowest BCUT2D eigenvalue weighted by molar-refractivity contribution is -0.383. The molecule has 9 nitrogen and oxygen atoms in total. The van der Waals surface area contributed by atoms with Crippen molar-refractivity contribution in [3.63, 3.8) is 0 Å². The van der Waals surface area contributed by atoms with Crippen molar-refractivity contribution in [3.05, 3.63) is 82.2 Å². The Balaban J connectivity index is 1.36. The zero-order valence-corrected chi connectivity index (χ0v) is 17.6. The summed E-state index contributed by atoms with van der Waals surface area (Å²) in [6.45, 7) is 0.283. The van der Waals surface area contributed by atoms with Gasteiger partial charge in [0.1, 0.15) is 11.9 Å². The molecule has 0 aliphatic carbocycles. The predicted octanol–water partition coefficient (Wildman–Crippen LogP) is 3.32. The van der Waals surface area contributed by atoms with Crippen molar-refractivity contribution in [3.8, 4) is 0 Å². The Morgan fingerprint density at radius 2 is 1.71 bits per heavy atom. The maximum absolute atomic E-state index is 13.5. The van der Waals surface area contributed by atoms with Gasteiger partial charge in [0.15, 0.2) is 0 Å². The molecule has 0 radical (unpaired) electrons. The monoisotopic (exact) mass is 460 g/mol. The molecule has 34 heavy (non-hydrogen) atoms. The second-order valence-corrected chi connectivity index (χ2v) is 8.64. The summed E-state index contributed by atoms with van der Waals surface area (Å²) in [4.78, 5) is 55.1. The van der Waals surface area contributed by atoms with E-state index >= 15 is 0 Å². The molecule has 3 heterocycles. The number of nitro benzene ring substituents is 1. The molecule has 3 aromatic carbocycles. The number of benzene rings is 3. The predicted molar refractivity (Wildman–Crippen MR) is 119 cm³/mol. The zero-order valence-electron chi connectivity index (χ0n) is 17.6. The second kappa shape index (κ2) is 7.08. The molecule has 3 aliphatic heterocycles. The Kier molecular flexibility index (Phi) is 4.22. The van der Waals surface area contributed by atoms with Gasteiger partial charge < -0.3 is 9.80 Å². The van der Waals surface area contributed by atoms with E-state index in [4.69, 9.17) is 0 Å². The molecule has 3 aliphatic rings. The van der Waals surface area contributed by atoms with Crippen LogP contribution in [0.3, 0.4) is 0 Å². The molecule has 3 saturated heterocycles. The maximum Gasteiger partial charge on any atom is 0.332 e. The molecule has 0 N–H and O–H groups in total. The first-order valence-electron chi connectivity index (χ1n) is 10.8. The third-order valence-corrected chi connectivity index (χ3v) is 6.93. The van der Waals surface area contributed by atoms with E-state index in [9.17, 15) is 28.9 Å². The first-order chi connectivity index (χ1) is 16.4. The number of hydrogen-bond donors (Lipinski definition) is 0. The lowest BCUT2D eigenvalue weighted by atomic mass is 10.0. The third-order valence-electron chi connectivity index (χ3n) is 6.93. The summed E-state index contributed by atoms with van der Waals surface area (Å²) in [5.41, 5.74) is 0.479. The fraction of sp³-hybridized carbons (Fsp3) is 0.208. The number of urea groups is 1. The summed E-state index contributed by atoms with van der Waals surface area (Å²) in [5.74, 6) is -1.23. The first kappa shape index (κ1) is 20.3. The minimum absolute atomic E-state index is 0.116.